The summed E-state index contributed by atoms with van der Waals surface area (Å²) in [6, 6.07) is 4.42. The number of benzene rings is 1. The lowest BCUT2D eigenvalue weighted by atomic mass is 9.83. The van der Waals surface area contributed by atoms with Crippen LogP contribution in [0.2, 0.25) is 0 Å². The third kappa shape index (κ3) is 3.28. The summed E-state index contributed by atoms with van der Waals surface area (Å²) >= 11 is 3.06. The zero-order valence-corrected chi connectivity index (χ0v) is 11.1. The molecule has 0 atom stereocenters. The quantitative estimate of drug-likeness (QED) is 0.906. The number of amides is 1. The first kappa shape index (κ1) is 12.6. The van der Waals surface area contributed by atoms with Gasteiger partial charge in [0, 0.05) is 12.1 Å². The lowest BCUT2D eigenvalue weighted by Crippen LogP contribution is -2.27. The van der Waals surface area contributed by atoms with Gasteiger partial charge in [0.2, 0.25) is 0 Å². The number of halogens is 2. The van der Waals surface area contributed by atoms with Gasteiger partial charge in [-0.1, -0.05) is 19.3 Å². The number of carbonyl (C=O) groups excluding carboxylic acids is 1. The first-order chi connectivity index (χ1) is 8.16. The van der Waals surface area contributed by atoms with Crippen molar-refractivity contribution < 1.29 is 9.18 Å². The summed E-state index contributed by atoms with van der Waals surface area (Å²) in [7, 11) is 0. The minimum atomic E-state index is -0.406. The molecule has 2 nitrogen and oxygen atoms in total. The standard InChI is InChI=1S/C13H15BrFNO/c14-11-5-4-10(8-12(11)15)13(17)16-7-6-9-2-1-3-9/h4-5,8-9H,1-3,6-7H2,(H,16,17). The van der Waals surface area contributed by atoms with Gasteiger partial charge in [-0.05, 0) is 46.5 Å². The Balaban J connectivity index is 1.83. The Labute approximate surface area is 109 Å². The van der Waals surface area contributed by atoms with E-state index in [-0.39, 0.29) is 5.91 Å². The smallest absolute Gasteiger partial charge is 0.251 e. The lowest BCUT2D eigenvalue weighted by molar-refractivity contribution is 0.0948. The van der Waals surface area contributed by atoms with E-state index in [4.69, 9.17) is 0 Å². The Hall–Kier alpha value is -0.900. The number of hydrogen-bond acceptors (Lipinski definition) is 1. The first-order valence-electron chi connectivity index (χ1n) is 5.90. The summed E-state index contributed by atoms with van der Waals surface area (Å²) in [6.45, 7) is 0.682. The van der Waals surface area contributed by atoms with E-state index in [2.05, 4.69) is 21.2 Å². The molecule has 4 heteroatoms. The van der Waals surface area contributed by atoms with Crippen LogP contribution in [-0.4, -0.2) is 12.5 Å². The molecule has 0 spiro atoms. The van der Waals surface area contributed by atoms with Crippen LogP contribution in [0.15, 0.2) is 22.7 Å². The summed E-state index contributed by atoms with van der Waals surface area (Å²) in [5.74, 6) is 0.171. The van der Waals surface area contributed by atoms with Gasteiger partial charge >= 0.3 is 0 Å². The molecule has 0 bridgehead atoms. The summed E-state index contributed by atoms with van der Waals surface area (Å²) in [5.41, 5.74) is 0.374. The predicted molar refractivity (Wildman–Crippen MR) is 68.4 cm³/mol. The van der Waals surface area contributed by atoms with Crippen molar-refractivity contribution >= 4 is 21.8 Å². The van der Waals surface area contributed by atoms with Crippen LogP contribution in [0.4, 0.5) is 4.39 Å². The van der Waals surface area contributed by atoms with Crippen molar-refractivity contribution in [2.75, 3.05) is 6.54 Å². The van der Waals surface area contributed by atoms with Crippen LogP contribution in [0, 0.1) is 11.7 Å². The maximum atomic E-state index is 13.2. The highest BCUT2D eigenvalue weighted by Gasteiger charge is 2.17. The molecule has 17 heavy (non-hydrogen) atoms. The first-order valence-corrected chi connectivity index (χ1v) is 6.69. The summed E-state index contributed by atoms with van der Waals surface area (Å²) in [6.07, 6.45) is 4.91. The third-order valence-electron chi connectivity index (χ3n) is 3.24. The van der Waals surface area contributed by atoms with E-state index >= 15 is 0 Å². The van der Waals surface area contributed by atoms with Crippen molar-refractivity contribution in [1.29, 1.82) is 0 Å². The van der Waals surface area contributed by atoms with Gasteiger partial charge in [0.25, 0.3) is 5.91 Å². The van der Waals surface area contributed by atoms with Gasteiger partial charge in [-0.3, -0.25) is 4.79 Å². The van der Waals surface area contributed by atoms with Crippen molar-refractivity contribution in [3.05, 3.63) is 34.1 Å². The number of carbonyl (C=O) groups is 1. The van der Waals surface area contributed by atoms with E-state index in [9.17, 15) is 9.18 Å². The summed E-state index contributed by atoms with van der Waals surface area (Å²) in [4.78, 5) is 11.7. The predicted octanol–water partition coefficient (Wildman–Crippen LogP) is 3.51. The molecule has 0 saturated heterocycles. The molecule has 1 aliphatic carbocycles. The Bertz CT molecular complexity index is 418. The van der Waals surface area contributed by atoms with Gasteiger partial charge in [0.05, 0.1) is 4.47 Å². The molecule has 1 aromatic carbocycles. The van der Waals surface area contributed by atoms with Crippen LogP contribution in [0.3, 0.4) is 0 Å². The monoisotopic (exact) mass is 299 g/mol. The molecule has 1 saturated carbocycles. The van der Waals surface area contributed by atoms with E-state index in [0.29, 0.717) is 16.6 Å². The lowest BCUT2D eigenvalue weighted by Gasteiger charge is -2.25. The molecule has 1 aliphatic rings. The second-order valence-electron chi connectivity index (χ2n) is 4.47. The van der Waals surface area contributed by atoms with Gasteiger partial charge in [0.15, 0.2) is 0 Å². The molecule has 0 heterocycles. The maximum absolute atomic E-state index is 13.2. The van der Waals surface area contributed by atoms with E-state index < -0.39 is 5.82 Å². The van der Waals surface area contributed by atoms with Gasteiger partial charge < -0.3 is 5.32 Å². The van der Waals surface area contributed by atoms with Crippen molar-refractivity contribution in [2.45, 2.75) is 25.7 Å². The molecule has 92 valence electrons. The highest BCUT2D eigenvalue weighted by Crippen LogP contribution is 2.28. The highest BCUT2D eigenvalue weighted by atomic mass is 79.9. The largest absolute Gasteiger partial charge is 0.352 e. The van der Waals surface area contributed by atoms with Crippen molar-refractivity contribution in [2.24, 2.45) is 5.92 Å². The molecule has 1 N–H and O–H groups in total. The fraction of sp³-hybridized carbons (Fsp3) is 0.462. The molecule has 2 rings (SSSR count). The highest BCUT2D eigenvalue weighted by molar-refractivity contribution is 9.10. The topological polar surface area (TPSA) is 29.1 Å². The molecule has 1 amide bonds. The van der Waals surface area contributed by atoms with Crippen LogP contribution in [0.1, 0.15) is 36.0 Å². The maximum Gasteiger partial charge on any atom is 0.251 e. The zero-order valence-electron chi connectivity index (χ0n) is 9.51. The van der Waals surface area contributed by atoms with Gasteiger partial charge in [0.1, 0.15) is 5.82 Å². The van der Waals surface area contributed by atoms with Crippen LogP contribution < -0.4 is 5.32 Å². The second-order valence-corrected chi connectivity index (χ2v) is 5.32. The average Bonchev–Trinajstić information content (AvgIpc) is 2.25. The van der Waals surface area contributed by atoms with Crippen molar-refractivity contribution in [1.82, 2.24) is 5.32 Å². The second kappa shape index (κ2) is 5.63. The Kier molecular flexibility index (Phi) is 4.15. The van der Waals surface area contributed by atoms with Crippen LogP contribution >= 0.6 is 15.9 Å². The Morgan fingerprint density at radius 3 is 2.82 bits per heavy atom. The molecule has 1 fully saturated rings. The number of hydrogen-bond donors (Lipinski definition) is 1. The Morgan fingerprint density at radius 1 is 1.47 bits per heavy atom. The molecule has 0 radical (unpaired) electrons. The molecular weight excluding hydrogens is 285 g/mol. The fourth-order valence-corrected chi connectivity index (χ4v) is 2.16. The number of nitrogens with one attached hydrogen (secondary N) is 1. The summed E-state index contributed by atoms with van der Waals surface area (Å²) in [5, 5.41) is 2.82. The van der Waals surface area contributed by atoms with Crippen molar-refractivity contribution in [3.63, 3.8) is 0 Å². The van der Waals surface area contributed by atoms with Crippen LogP contribution in [0.25, 0.3) is 0 Å². The third-order valence-corrected chi connectivity index (χ3v) is 3.89. The molecule has 1 aromatic rings. The van der Waals surface area contributed by atoms with Gasteiger partial charge in [-0.15, -0.1) is 0 Å². The van der Waals surface area contributed by atoms with Crippen LogP contribution in [-0.2, 0) is 0 Å². The summed E-state index contributed by atoms with van der Waals surface area (Å²) < 4.78 is 13.6. The minimum Gasteiger partial charge on any atom is -0.352 e. The SMILES string of the molecule is O=C(NCCC1CCC1)c1ccc(Br)c(F)c1. The number of rotatable bonds is 4. The van der Waals surface area contributed by atoms with E-state index in [1.54, 1.807) is 12.1 Å². The van der Waals surface area contributed by atoms with E-state index in [1.165, 1.54) is 25.3 Å². The zero-order chi connectivity index (χ0) is 12.3. The van der Waals surface area contributed by atoms with E-state index in [1.807, 2.05) is 0 Å². The molecule has 0 unspecified atom stereocenters. The van der Waals surface area contributed by atoms with Gasteiger partial charge in [-0.2, -0.15) is 0 Å². The van der Waals surface area contributed by atoms with E-state index in [0.717, 1.165) is 12.3 Å². The van der Waals surface area contributed by atoms with Crippen LogP contribution in [0.5, 0.6) is 0 Å². The van der Waals surface area contributed by atoms with Gasteiger partial charge in [-0.25, -0.2) is 4.39 Å². The minimum absolute atomic E-state index is 0.198. The Morgan fingerprint density at radius 2 is 2.24 bits per heavy atom. The molecule has 0 aromatic heterocycles. The fourth-order valence-electron chi connectivity index (χ4n) is 1.91. The van der Waals surface area contributed by atoms with Crippen molar-refractivity contribution in [3.8, 4) is 0 Å². The molecule has 0 aliphatic heterocycles. The molecular formula is C13H15BrFNO. The normalized spacial score (nSPS) is 15.4. The average molecular weight is 300 g/mol.